The van der Waals surface area contributed by atoms with E-state index in [2.05, 4.69) is 15.4 Å². The number of aliphatic hydroxyl groups excluding tert-OH is 4. The Balaban J connectivity index is 0.00000391. The predicted octanol–water partition coefficient (Wildman–Crippen LogP) is -2.52. The van der Waals surface area contributed by atoms with Crippen molar-refractivity contribution in [2.75, 3.05) is 26.2 Å². The van der Waals surface area contributed by atoms with Crippen LogP contribution >= 0.6 is 0 Å². The number of halogens is 2. The average molecular weight is 587 g/mol. The zero-order valence-corrected chi connectivity index (χ0v) is 23.0. The number of aliphatic carboxylic acids is 1. The smallest absolute Gasteiger partial charge is 0.325 e. The second-order valence-corrected chi connectivity index (χ2v) is 9.70. The summed E-state index contributed by atoms with van der Waals surface area (Å²) in [6, 6.07) is -2.90. The van der Waals surface area contributed by atoms with Crippen LogP contribution in [0.5, 0.6) is 0 Å². The number of unbranched alkanes of at least 4 members (excludes halogenated alkanes) is 1. The Morgan fingerprint density at radius 2 is 1.80 bits per heavy atom. The highest BCUT2D eigenvalue weighted by Gasteiger charge is 2.65. The standard InChI is InChI=1S/C22H38F2N4O10.C2H6/c1-11(20(35)36)27-18(33)13-6-4-8-28(13)19(34)12(25)5-2-3-7-26-10-21(23,24)22(37)17(32)16(31)15(30)14(9-29)38-22;1-2/h11-17,26,29-32,37H,2-10,25H2,1H3,(H,27,33)(H,35,36);1-2H3/t11?,12?,13?,14?,15?,16?,17-,22?;/m0./s1. The van der Waals surface area contributed by atoms with Crippen molar-refractivity contribution >= 4 is 17.8 Å². The number of carbonyl (C=O) groups excluding carboxylic acids is 2. The van der Waals surface area contributed by atoms with Crippen molar-refractivity contribution in [3.63, 3.8) is 0 Å². The first-order chi connectivity index (χ1) is 18.7. The number of rotatable bonds is 13. The van der Waals surface area contributed by atoms with E-state index in [9.17, 15) is 43.6 Å². The third-order valence-electron chi connectivity index (χ3n) is 6.84. The number of amides is 2. The molecule has 2 heterocycles. The summed E-state index contributed by atoms with van der Waals surface area (Å²) < 4.78 is 34.0. The summed E-state index contributed by atoms with van der Waals surface area (Å²) >= 11 is 0. The molecule has 2 amide bonds. The van der Waals surface area contributed by atoms with Crippen molar-refractivity contribution < 1.29 is 58.5 Å². The Kier molecular flexibility index (Phi) is 14.2. The summed E-state index contributed by atoms with van der Waals surface area (Å²) in [6.45, 7) is 3.44. The Morgan fingerprint density at radius 1 is 1.18 bits per heavy atom. The number of carbonyl (C=O) groups is 3. The van der Waals surface area contributed by atoms with Crippen LogP contribution in [-0.4, -0.2) is 134 Å². The molecule has 234 valence electrons. The van der Waals surface area contributed by atoms with E-state index in [1.807, 2.05) is 13.8 Å². The zero-order valence-electron chi connectivity index (χ0n) is 23.0. The summed E-state index contributed by atoms with van der Waals surface area (Å²) in [5.41, 5.74) is 5.97. The molecule has 2 saturated heterocycles. The molecule has 0 aromatic heterocycles. The maximum atomic E-state index is 14.7. The first kappa shape index (κ1) is 36.0. The summed E-state index contributed by atoms with van der Waals surface area (Å²) in [7, 11) is 0. The van der Waals surface area contributed by atoms with Crippen LogP contribution < -0.4 is 16.4 Å². The first-order valence-electron chi connectivity index (χ1n) is 13.4. The molecule has 0 aromatic carbocycles. The predicted molar refractivity (Wildman–Crippen MR) is 136 cm³/mol. The number of alkyl halides is 2. The quantitative estimate of drug-likeness (QED) is 0.102. The van der Waals surface area contributed by atoms with Gasteiger partial charge in [0, 0.05) is 6.54 Å². The summed E-state index contributed by atoms with van der Waals surface area (Å²) in [5, 5.41) is 62.5. The Morgan fingerprint density at radius 3 is 2.38 bits per heavy atom. The minimum atomic E-state index is -4.13. The molecule has 0 aliphatic carbocycles. The normalized spacial score (nSPS) is 30.2. The van der Waals surface area contributed by atoms with Crippen LogP contribution in [0.1, 0.15) is 52.9 Å². The van der Waals surface area contributed by atoms with Crippen LogP contribution in [0.4, 0.5) is 8.78 Å². The van der Waals surface area contributed by atoms with Crippen molar-refractivity contribution in [3.8, 4) is 0 Å². The minimum absolute atomic E-state index is 0.000888. The molecular formula is C24H44F2N4O10. The number of nitrogens with zero attached hydrogens (tertiary/aromatic N) is 1. The largest absolute Gasteiger partial charge is 0.480 e. The minimum Gasteiger partial charge on any atom is -0.480 e. The van der Waals surface area contributed by atoms with E-state index in [1.54, 1.807) is 0 Å². The highest BCUT2D eigenvalue weighted by molar-refractivity contribution is 5.92. The number of hydrogen-bond acceptors (Lipinski definition) is 11. The lowest BCUT2D eigenvalue weighted by Crippen LogP contribution is -2.72. The fraction of sp³-hybridized carbons (Fsp3) is 0.875. The van der Waals surface area contributed by atoms with Crippen LogP contribution in [0.15, 0.2) is 0 Å². The van der Waals surface area contributed by atoms with Crippen LogP contribution in [0.3, 0.4) is 0 Å². The second kappa shape index (κ2) is 15.8. The molecule has 0 radical (unpaired) electrons. The fourth-order valence-electron chi connectivity index (χ4n) is 4.45. The van der Waals surface area contributed by atoms with E-state index in [4.69, 9.17) is 15.9 Å². The summed E-state index contributed by atoms with van der Waals surface area (Å²) in [6.07, 6.45) is -6.63. The van der Waals surface area contributed by atoms with Gasteiger partial charge in [0.05, 0.1) is 19.2 Å². The highest BCUT2D eigenvalue weighted by atomic mass is 19.3. The molecule has 0 spiro atoms. The lowest BCUT2D eigenvalue weighted by molar-refractivity contribution is -0.409. The lowest BCUT2D eigenvalue weighted by Gasteiger charge is -2.48. The number of carboxylic acid groups (broad SMARTS) is 1. The number of nitrogens with two attached hydrogens (primary N) is 1. The summed E-state index contributed by atoms with van der Waals surface area (Å²) in [4.78, 5) is 37.4. The highest BCUT2D eigenvalue weighted by Crippen LogP contribution is 2.39. The van der Waals surface area contributed by atoms with Crippen molar-refractivity contribution in [1.82, 2.24) is 15.5 Å². The van der Waals surface area contributed by atoms with Gasteiger partial charge >= 0.3 is 11.9 Å². The monoisotopic (exact) mass is 586 g/mol. The molecule has 2 aliphatic heterocycles. The molecule has 2 aliphatic rings. The van der Waals surface area contributed by atoms with Gasteiger partial charge in [0.15, 0.2) is 0 Å². The maximum absolute atomic E-state index is 14.7. The molecule has 14 nitrogen and oxygen atoms in total. The van der Waals surface area contributed by atoms with Crippen LogP contribution in [-0.2, 0) is 19.1 Å². The number of hydrogen-bond donors (Lipinski definition) is 9. The molecule has 7 unspecified atom stereocenters. The molecule has 0 saturated carbocycles. The molecule has 0 bridgehead atoms. The molecule has 16 heteroatoms. The van der Waals surface area contributed by atoms with E-state index in [0.717, 1.165) is 0 Å². The van der Waals surface area contributed by atoms with E-state index < -0.39 is 85.2 Å². The second-order valence-electron chi connectivity index (χ2n) is 9.70. The Hall–Kier alpha value is -2.05. The number of likely N-dealkylation sites (tertiary alicyclic amines) is 1. The van der Waals surface area contributed by atoms with Gasteiger partial charge < -0.3 is 56.6 Å². The van der Waals surface area contributed by atoms with Crippen LogP contribution in [0.2, 0.25) is 0 Å². The van der Waals surface area contributed by atoms with Gasteiger partial charge in [0.25, 0.3) is 5.79 Å². The molecule has 0 aromatic rings. The lowest BCUT2D eigenvalue weighted by atomic mass is 9.88. The van der Waals surface area contributed by atoms with E-state index in [-0.39, 0.29) is 13.0 Å². The van der Waals surface area contributed by atoms with Crippen molar-refractivity contribution in [2.24, 2.45) is 5.73 Å². The van der Waals surface area contributed by atoms with Crippen molar-refractivity contribution in [1.29, 1.82) is 0 Å². The van der Waals surface area contributed by atoms with Gasteiger partial charge in [-0.25, -0.2) is 0 Å². The van der Waals surface area contributed by atoms with E-state index >= 15 is 0 Å². The van der Waals surface area contributed by atoms with Gasteiger partial charge in [0.1, 0.15) is 36.5 Å². The van der Waals surface area contributed by atoms with Crippen LogP contribution in [0.25, 0.3) is 0 Å². The van der Waals surface area contributed by atoms with Crippen molar-refractivity contribution in [3.05, 3.63) is 0 Å². The zero-order chi connectivity index (χ0) is 30.8. The van der Waals surface area contributed by atoms with E-state index in [1.165, 1.54) is 11.8 Å². The van der Waals surface area contributed by atoms with Gasteiger partial charge in [-0.1, -0.05) is 20.3 Å². The third kappa shape index (κ3) is 8.48. The topological polar surface area (TPSA) is 235 Å². The van der Waals surface area contributed by atoms with Crippen molar-refractivity contribution in [2.45, 2.75) is 107 Å². The van der Waals surface area contributed by atoms with Gasteiger partial charge in [-0.3, -0.25) is 14.4 Å². The van der Waals surface area contributed by atoms with E-state index in [0.29, 0.717) is 32.2 Å². The molecule has 40 heavy (non-hydrogen) atoms. The molecule has 2 rings (SSSR count). The number of aliphatic hydroxyl groups is 5. The first-order valence-corrected chi connectivity index (χ1v) is 13.4. The van der Waals surface area contributed by atoms with Gasteiger partial charge in [-0.05, 0) is 39.2 Å². The summed E-state index contributed by atoms with van der Waals surface area (Å²) in [5.74, 6) is -9.96. The van der Waals surface area contributed by atoms with Gasteiger partial charge in [0.2, 0.25) is 11.8 Å². The molecular weight excluding hydrogens is 542 g/mol. The SMILES string of the molecule is CC.CC(NC(=O)C1CCCN1C(=O)C(N)CCCCNCC(F)(F)C1(O)OC(CO)C(O)C(O)[C@@H]1O)C(=O)O. The third-order valence-corrected chi connectivity index (χ3v) is 6.84. The Labute approximate surface area is 231 Å². The fourth-order valence-corrected chi connectivity index (χ4v) is 4.45. The maximum Gasteiger partial charge on any atom is 0.325 e. The molecule has 8 atom stereocenters. The molecule has 10 N–H and O–H groups in total. The average Bonchev–Trinajstić information content (AvgIpc) is 3.42. The molecule has 2 fully saturated rings. The Bertz CT molecular complexity index is 839. The van der Waals surface area contributed by atoms with Crippen LogP contribution in [0, 0.1) is 0 Å². The van der Waals surface area contributed by atoms with Gasteiger partial charge in [-0.15, -0.1) is 0 Å². The number of carboxylic acids is 1. The number of nitrogens with one attached hydrogen (secondary N) is 2. The number of ether oxygens (including phenoxy) is 1. The van der Waals surface area contributed by atoms with Gasteiger partial charge in [-0.2, -0.15) is 8.78 Å².